The van der Waals surface area contributed by atoms with Crippen molar-refractivity contribution in [3.63, 3.8) is 0 Å². The van der Waals surface area contributed by atoms with Gasteiger partial charge < -0.3 is 20.7 Å². The van der Waals surface area contributed by atoms with Crippen molar-refractivity contribution in [3.8, 4) is 0 Å². The number of urea groups is 1. The number of likely N-dealkylation sites (tertiary alicyclic amines) is 1. The Balaban J connectivity index is 1.70. The average Bonchev–Trinajstić information content (AvgIpc) is 3.00. The van der Waals surface area contributed by atoms with Crippen molar-refractivity contribution in [1.29, 1.82) is 0 Å². The molecule has 116 valence electrons. The maximum Gasteiger partial charge on any atom is 0.337 e. The fourth-order valence-electron chi connectivity index (χ4n) is 3.39. The van der Waals surface area contributed by atoms with Gasteiger partial charge in [-0.05, 0) is 31.8 Å². The molecular weight excluding hydrogens is 272 g/mol. The van der Waals surface area contributed by atoms with Crippen molar-refractivity contribution in [2.75, 3.05) is 45.9 Å². The topological polar surface area (TPSA) is 82.7 Å². The molecule has 3 aliphatic heterocycles. The molecule has 2 amide bonds. The predicted molar refractivity (Wildman–Crippen MR) is 76.5 cm³/mol. The maximum atomic E-state index is 12.0. The van der Waals surface area contributed by atoms with Crippen LogP contribution in [0.2, 0.25) is 0 Å². The summed E-state index contributed by atoms with van der Waals surface area (Å²) >= 11 is 0. The van der Waals surface area contributed by atoms with Gasteiger partial charge in [0.1, 0.15) is 0 Å². The van der Waals surface area contributed by atoms with Gasteiger partial charge in [0.15, 0.2) is 0 Å². The first-order chi connectivity index (χ1) is 10.2. The van der Waals surface area contributed by atoms with E-state index in [4.69, 9.17) is 4.74 Å². The molecule has 0 aromatic rings. The lowest BCUT2D eigenvalue weighted by molar-refractivity contribution is -0.138. The molecule has 0 spiro atoms. The first-order valence-electron chi connectivity index (χ1n) is 7.54. The molecule has 3 aliphatic rings. The Hall–Kier alpha value is -1.60. The zero-order valence-electron chi connectivity index (χ0n) is 12.3. The van der Waals surface area contributed by atoms with Gasteiger partial charge in [0.2, 0.25) is 0 Å². The summed E-state index contributed by atoms with van der Waals surface area (Å²) < 4.78 is 5.07. The largest absolute Gasteiger partial charge is 0.463 e. The standard InChI is InChI=1S/C14H22N4O3/c1-2-21-13(19)11-5-16-14(20)17-12(11)8-18-6-9-3-15-4-10(9)7-18/h9-10,15H,2-8H2,1H3,(H2,16,17,20). The van der Waals surface area contributed by atoms with E-state index in [0.29, 0.717) is 36.3 Å². The summed E-state index contributed by atoms with van der Waals surface area (Å²) in [5.74, 6) is 1.03. The molecule has 2 fully saturated rings. The summed E-state index contributed by atoms with van der Waals surface area (Å²) in [6, 6.07) is -0.251. The van der Waals surface area contributed by atoms with Crippen molar-refractivity contribution >= 4 is 12.0 Å². The molecule has 0 saturated carbocycles. The number of esters is 1. The van der Waals surface area contributed by atoms with Crippen LogP contribution in [0.15, 0.2) is 11.3 Å². The van der Waals surface area contributed by atoms with Gasteiger partial charge in [-0.1, -0.05) is 0 Å². The molecule has 0 bridgehead atoms. The monoisotopic (exact) mass is 294 g/mol. The number of hydrogen-bond acceptors (Lipinski definition) is 5. The number of nitrogens with zero attached hydrogens (tertiary/aromatic N) is 1. The number of nitrogens with one attached hydrogen (secondary N) is 3. The van der Waals surface area contributed by atoms with E-state index in [-0.39, 0.29) is 18.5 Å². The normalized spacial score (nSPS) is 29.1. The van der Waals surface area contributed by atoms with E-state index in [2.05, 4.69) is 20.9 Å². The van der Waals surface area contributed by atoms with Crippen LogP contribution in [-0.2, 0) is 9.53 Å². The van der Waals surface area contributed by atoms with Crippen LogP contribution < -0.4 is 16.0 Å². The first-order valence-corrected chi connectivity index (χ1v) is 7.54. The van der Waals surface area contributed by atoms with E-state index < -0.39 is 0 Å². The third-order valence-electron chi connectivity index (χ3n) is 4.42. The summed E-state index contributed by atoms with van der Waals surface area (Å²) in [5.41, 5.74) is 1.22. The Bertz CT molecular complexity index is 465. The number of carbonyl (C=O) groups excluding carboxylic acids is 2. The Kier molecular flexibility index (Phi) is 4.12. The van der Waals surface area contributed by atoms with E-state index in [1.807, 2.05) is 0 Å². The smallest absolute Gasteiger partial charge is 0.337 e. The minimum absolute atomic E-state index is 0.238. The minimum atomic E-state index is -0.346. The second-order valence-electron chi connectivity index (χ2n) is 5.86. The molecule has 3 heterocycles. The van der Waals surface area contributed by atoms with Crippen molar-refractivity contribution < 1.29 is 14.3 Å². The maximum absolute atomic E-state index is 12.0. The van der Waals surface area contributed by atoms with Crippen molar-refractivity contribution in [1.82, 2.24) is 20.9 Å². The van der Waals surface area contributed by atoms with Crippen LogP contribution in [0, 0.1) is 11.8 Å². The van der Waals surface area contributed by atoms with Crippen LogP contribution in [0.3, 0.4) is 0 Å². The van der Waals surface area contributed by atoms with Gasteiger partial charge in [-0.25, -0.2) is 9.59 Å². The number of amides is 2. The van der Waals surface area contributed by atoms with Crippen LogP contribution in [0.5, 0.6) is 0 Å². The van der Waals surface area contributed by atoms with Gasteiger partial charge in [0, 0.05) is 25.3 Å². The van der Waals surface area contributed by atoms with Gasteiger partial charge in [-0.15, -0.1) is 0 Å². The van der Waals surface area contributed by atoms with Crippen molar-refractivity contribution in [2.45, 2.75) is 6.92 Å². The average molecular weight is 294 g/mol. The Morgan fingerprint density at radius 3 is 2.71 bits per heavy atom. The van der Waals surface area contributed by atoms with Crippen molar-refractivity contribution in [2.24, 2.45) is 11.8 Å². The van der Waals surface area contributed by atoms with Gasteiger partial charge in [0.05, 0.1) is 18.7 Å². The predicted octanol–water partition coefficient (Wildman–Crippen LogP) is -0.732. The van der Waals surface area contributed by atoms with Crippen LogP contribution in [0.1, 0.15) is 6.92 Å². The van der Waals surface area contributed by atoms with Crippen LogP contribution in [0.4, 0.5) is 4.79 Å². The van der Waals surface area contributed by atoms with Gasteiger partial charge in [-0.2, -0.15) is 0 Å². The van der Waals surface area contributed by atoms with Gasteiger partial charge in [0.25, 0.3) is 0 Å². The third kappa shape index (κ3) is 3.03. The Morgan fingerprint density at radius 2 is 2.05 bits per heavy atom. The van der Waals surface area contributed by atoms with Gasteiger partial charge >= 0.3 is 12.0 Å². The van der Waals surface area contributed by atoms with E-state index in [0.717, 1.165) is 26.2 Å². The Labute approximate surface area is 124 Å². The lowest BCUT2D eigenvalue weighted by Crippen LogP contribution is -2.46. The molecular formula is C14H22N4O3. The Morgan fingerprint density at radius 1 is 1.33 bits per heavy atom. The summed E-state index contributed by atoms with van der Waals surface area (Å²) in [6.07, 6.45) is 0. The molecule has 0 aliphatic carbocycles. The highest BCUT2D eigenvalue weighted by molar-refractivity contribution is 5.93. The van der Waals surface area contributed by atoms with Crippen LogP contribution >= 0.6 is 0 Å². The molecule has 7 heteroatoms. The van der Waals surface area contributed by atoms with E-state index in [1.54, 1.807) is 6.92 Å². The van der Waals surface area contributed by atoms with E-state index >= 15 is 0 Å². The number of carbonyl (C=O) groups is 2. The summed E-state index contributed by atoms with van der Waals surface area (Å²) in [7, 11) is 0. The fourth-order valence-corrected chi connectivity index (χ4v) is 3.39. The minimum Gasteiger partial charge on any atom is -0.463 e. The summed E-state index contributed by atoms with van der Waals surface area (Å²) in [4.78, 5) is 25.8. The van der Waals surface area contributed by atoms with Crippen LogP contribution in [-0.4, -0.2) is 62.8 Å². The summed E-state index contributed by atoms with van der Waals surface area (Å²) in [6.45, 7) is 7.13. The molecule has 0 aromatic carbocycles. The molecule has 2 unspecified atom stereocenters. The molecule has 2 atom stereocenters. The van der Waals surface area contributed by atoms with E-state index in [9.17, 15) is 9.59 Å². The molecule has 3 rings (SSSR count). The number of fused-ring (bicyclic) bond motifs is 1. The van der Waals surface area contributed by atoms with Crippen molar-refractivity contribution in [3.05, 3.63) is 11.3 Å². The fraction of sp³-hybridized carbons (Fsp3) is 0.714. The molecule has 0 aromatic heterocycles. The second kappa shape index (κ2) is 6.03. The molecule has 0 radical (unpaired) electrons. The van der Waals surface area contributed by atoms with Gasteiger partial charge in [-0.3, -0.25) is 4.90 Å². The second-order valence-corrected chi connectivity index (χ2v) is 5.86. The lowest BCUT2D eigenvalue weighted by atomic mass is 10.0. The lowest BCUT2D eigenvalue weighted by Gasteiger charge is -2.25. The zero-order valence-corrected chi connectivity index (χ0v) is 12.3. The number of rotatable bonds is 4. The highest BCUT2D eigenvalue weighted by Crippen LogP contribution is 2.27. The molecule has 21 heavy (non-hydrogen) atoms. The summed E-state index contributed by atoms with van der Waals surface area (Å²) in [5, 5.41) is 8.81. The number of ether oxygens (including phenoxy) is 1. The molecule has 3 N–H and O–H groups in total. The van der Waals surface area contributed by atoms with Crippen LogP contribution in [0.25, 0.3) is 0 Å². The highest BCUT2D eigenvalue weighted by atomic mass is 16.5. The number of hydrogen-bond donors (Lipinski definition) is 3. The highest BCUT2D eigenvalue weighted by Gasteiger charge is 2.37. The van der Waals surface area contributed by atoms with E-state index in [1.165, 1.54) is 0 Å². The third-order valence-corrected chi connectivity index (χ3v) is 4.42. The quantitative estimate of drug-likeness (QED) is 0.595. The molecule has 7 nitrogen and oxygen atoms in total. The zero-order chi connectivity index (χ0) is 14.8. The molecule has 2 saturated heterocycles. The first kappa shape index (κ1) is 14.3. The SMILES string of the molecule is CCOC(=O)C1=C(CN2CC3CNCC3C2)NC(=O)NC1.